The molecule has 1 rings (SSSR count). The zero-order valence-corrected chi connectivity index (χ0v) is 7.68. The lowest BCUT2D eigenvalue weighted by molar-refractivity contribution is -0.140. The van der Waals surface area contributed by atoms with Gasteiger partial charge in [0.05, 0.1) is 0 Å². The lowest BCUT2D eigenvalue weighted by atomic mass is 10.2. The number of hydrogen-bond donors (Lipinski definition) is 1. The largest absolute Gasteiger partial charge is 0.480 e. The van der Waals surface area contributed by atoms with Crippen LogP contribution in [0.3, 0.4) is 0 Å². The van der Waals surface area contributed by atoms with Crippen molar-refractivity contribution in [2.45, 2.75) is 18.9 Å². The molecule has 1 fully saturated rings. The summed E-state index contributed by atoms with van der Waals surface area (Å²) in [7, 11) is 1.14. The summed E-state index contributed by atoms with van der Waals surface area (Å²) in [6.45, 7) is 0.197. The zero-order valence-electron chi connectivity index (χ0n) is 6.10. The van der Waals surface area contributed by atoms with Crippen molar-refractivity contribution in [1.82, 2.24) is 4.31 Å². The molecule has 0 saturated carbocycles. The third-order valence-electron chi connectivity index (χ3n) is 1.77. The SMILES string of the molecule is O=C(O)[C@@H]1CCCN1S(=O)(=O)Cl. The normalized spacial score (nSPS) is 25.9. The molecule has 0 aliphatic carbocycles. The van der Waals surface area contributed by atoms with E-state index >= 15 is 0 Å². The van der Waals surface area contributed by atoms with E-state index in [1.54, 1.807) is 0 Å². The first-order valence-corrected chi connectivity index (χ1v) is 5.64. The van der Waals surface area contributed by atoms with Gasteiger partial charge in [-0.25, -0.2) is 0 Å². The van der Waals surface area contributed by atoms with E-state index in [-0.39, 0.29) is 6.54 Å². The highest BCUT2D eigenvalue weighted by Crippen LogP contribution is 2.22. The maximum Gasteiger partial charge on any atom is 0.322 e. The van der Waals surface area contributed by atoms with E-state index in [4.69, 9.17) is 15.8 Å². The molecule has 0 aromatic carbocycles. The summed E-state index contributed by atoms with van der Waals surface area (Å²) in [5.74, 6) is -1.14. The number of carboxylic acid groups (broad SMARTS) is 1. The molecule has 0 bridgehead atoms. The van der Waals surface area contributed by atoms with Crippen molar-refractivity contribution < 1.29 is 18.3 Å². The van der Waals surface area contributed by atoms with Gasteiger partial charge in [0.15, 0.2) is 0 Å². The summed E-state index contributed by atoms with van der Waals surface area (Å²) in [6, 6.07) is -0.979. The Bertz CT molecular complexity index is 288. The summed E-state index contributed by atoms with van der Waals surface area (Å²) in [6.07, 6.45) is 0.879. The van der Waals surface area contributed by atoms with Gasteiger partial charge in [-0.1, -0.05) is 0 Å². The van der Waals surface area contributed by atoms with Crippen LogP contribution in [0.2, 0.25) is 0 Å². The Morgan fingerprint density at radius 2 is 2.17 bits per heavy atom. The summed E-state index contributed by atoms with van der Waals surface area (Å²) in [4.78, 5) is 10.5. The van der Waals surface area contributed by atoms with Crippen LogP contribution in [-0.2, 0) is 14.0 Å². The Morgan fingerprint density at radius 1 is 1.58 bits per heavy atom. The standard InChI is InChI=1S/C5H8ClNO4S/c6-12(10,11)7-3-1-2-4(7)5(8)9/h4H,1-3H2,(H,8,9)/t4-/m0/s1. The predicted molar refractivity (Wildman–Crippen MR) is 42.1 cm³/mol. The topological polar surface area (TPSA) is 74.7 Å². The van der Waals surface area contributed by atoms with E-state index in [9.17, 15) is 13.2 Å². The number of halogens is 1. The molecular weight excluding hydrogens is 206 g/mol. The van der Waals surface area contributed by atoms with E-state index in [0.717, 1.165) is 4.31 Å². The maximum atomic E-state index is 10.8. The maximum absolute atomic E-state index is 10.8. The second-order valence-corrected chi connectivity index (χ2v) is 5.01. The highest BCUT2D eigenvalue weighted by molar-refractivity contribution is 8.11. The van der Waals surface area contributed by atoms with Gasteiger partial charge in [-0.3, -0.25) is 4.79 Å². The number of aliphatic carboxylic acids is 1. The van der Waals surface area contributed by atoms with Crippen molar-refractivity contribution in [1.29, 1.82) is 0 Å². The molecule has 1 saturated heterocycles. The number of nitrogens with zero attached hydrogens (tertiary/aromatic N) is 1. The van der Waals surface area contributed by atoms with Crippen LogP contribution in [0.1, 0.15) is 12.8 Å². The Labute approximate surface area is 74.5 Å². The van der Waals surface area contributed by atoms with Crippen molar-refractivity contribution >= 4 is 25.9 Å². The third-order valence-corrected chi connectivity index (χ3v) is 3.30. The molecule has 0 radical (unpaired) electrons. The highest BCUT2D eigenvalue weighted by atomic mass is 35.7. The molecule has 1 atom stereocenters. The van der Waals surface area contributed by atoms with Crippen molar-refractivity contribution in [3.8, 4) is 0 Å². The van der Waals surface area contributed by atoms with Gasteiger partial charge in [0, 0.05) is 17.2 Å². The fourth-order valence-electron chi connectivity index (χ4n) is 1.25. The van der Waals surface area contributed by atoms with Gasteiger partial charge in [0.2, 0.25) is 0 Å². The minimum atomic E-state index is -3.87. The quantitative estimate of drug-likeness (QED) is 0.657. The average molecular weight is 214 g/mol. The van der Waals surface area contributed by atoms with Crippen LogP contribution in [0, 0.1) is 0 Å². The van der Waals surface area contributed by atoms with E-state index in [1.165, 1.54) is 0 Å². The van der Waals surface area contributed by atoms with Crippen LogP contribution in [0.25, 0.3) is 0 Å². The highest BCUT2D eigenvalue weighted by Gasteiger charge is 2.37. The molecule has 0 aromatic heterocycles. The lowest BCUT2D eigenvalue weighted by Crippen LogP contribution is -2.37. The number of carboxylic acids is 1. The minimum absolute atomic E-state index is 0.197. The van der Waals surface area contributed by atoms with Gasteiger partial charge in [0.1, 0.15) is 6.04 Å². The number of carbonyl (C=O) groups is 1. The average Bonchev–Trinajstić information content (AvgIpc) is 2.30. The van der Waals surface area contributed by atoms with E-state index in [2.05, 4.69) is 0 Å². The van der Waals surface area contributed by atoms with Crippen molar-refractivity contribution in [3.05, 3.63) is 0 Å². The van der Waals surface area contributed by atoms with E-state index < -0.39 is 21.2 Å². The van der Waals surface area contributed by atoms with Gasteiger partial charge in [-0.2, -0.15) is 12.7 Å². The van der Waals surface area contributed by atoms with E-state index in [0.29, 0.717) is 12.8 Å². The van der Waals surface area contributed by atoms with Gasteiger partial charge in [-0.05, 0) is 12.8 Å². The molecule has 12 heavy (non-hydrogen) atoms. The van der Waals surface area contributed by atoms with Crippen LogP contribution in [0.4, 0.5) is 0 Å². The molecule has 5 nitrogen and oxygen atoms in total. The van der Waals surface area contributed by atoms with Crippen LogP contribution in [0.5, 0.6) is 0 Å². The number of rotatable bonds is 2. The predicted octanol–water partition coefficient (Wildman–Crippen LogP) is 0.0190. The molecule has 1 aliphatic heterocycles. The summed E-state index contributed by atoms with van der Waals surface area (Å²) < 4.78 is 22.4. The van der Waals surface area contributed by atoms with Crippen LogP contribution >= 0.6 is 10.7 Å². The molecule has 0 aromatic rings. The summed E-state index contributed by atoms with van der Waals surface area (Å²) in [5.41, 5.74) is 0. The van der Waals surface area contributed by atoms with Crippen molar-refractivity contribution in [2.75, 3.05) is 6.54 Å². The molecule has 1 aliphatic rings. The first kappa shape index (κ1) is 9.76. The van der Waals surface area contributed by atoms with Gasteiger partial charge in [-0.15, -0.1) is 0 Å². The third kappa shape index (κ3) is 1.88. The van der Waals surface area contributed by atoms with Gasteiger partial charge < -0.3 is 5.11 Å². The fraction of sp³-hybridized carbons (Fsp3) is 0.800. The first-order valence-electron chi connectivity index (χ1n) is 3.37. The van der Waals surface area contributed by atoms with Crippen LogP contribution in [-0.4, -0.2) is 36.4 Å². The molecular formula is C5H8ClNO4S. The lowest BCUT2D eigenvalue weighted by Gasteiger charge is -2.15. The molecule has 1 heterocycles. The zero-order chi connectivity index (χ0) is 9.35. The fourth-order valence-corrected chi connectivity index (χ4v) is 2.59. The second kappa shape index (κ2) is 3.20. The molecule has 0 unspecified atom stereocenters. The van der Waals surface area contributed by atoms with Crippen molar-refractivity contribution in [2.24, 2.45) is 0 Å². The Morgan fingerprint density at radius 3 is 2.50 bits per heavy atom. The first-order chi connectivity index (χ1) is 5.43. The van der Waals surface area contributed by atoms with Crippen LogP contribution < -0.4 is 0 Å². The Kier molecular flexibility index (Phi) is 2.60. The molecule has 0 spiro atoms. The molecule has 0 amide bonds. The molecule has 1 N–H and O–H groups in total. The smallest absolute Gasteiger partial charge is 0.322 e. The molecule has 70 valence electrons. The van der Waals surface area contributed by atoms with Gasteiger partial charge >= 0.3 is 15.2 Å². The minimum Gasteiger partial charge on any atom is -0.480 e. The summed E-state index contributed by atoms with van der Waals surface area (Å²) in [5, 5.41) is 8.58. The van der Waals surface area contributed by atoms with Crippen LogP contribution in [0.15, 0.2) is 0 Å². The summed E-state index contributed by atoms with van der Waals surface area (Å²) >= 11 is 0. The Hall–Kier alpha value is -0.330. The van der Waals surface area contributed by atoms with E-state index in [1.807, 2.05) is 0 Å². The monoisotopic (exact) mass is 213 g/mol. The molecule has 7 heteroatoms. The Balaban J connectivity index is 2.85. The van der Waals surface area contributed by atoms with Gasteiger partial charge in [0.25, 0.3) is 0 Å². The second-order valence-electron chi connectivity index (χ2n) is 2.55. The number of hydrogen-bond acceptors (Lipinski definition) is 3. The van der Waals surface area contributed by atoms with Crippen molar-refractivity contribution in [3.63, 3.8) is 0 Å².